The lowest BCUT2D eigenvalue weighted by Crippen LogP contribution is -2.03. The van der Waals surface area contributed by atoms with Crippen LogP contribution in [0.1, 0.15) is 11.1 Å². The topological polar surface area (TPSA) is 61.6 Å². The molecule has 0 atom stereocenters. The molecule has 1 aromatic carbocycles. The molecule has 21 heavy (non-hydrogen) atoms. The van der Waals surface area contributed by atoms with Crippen LogP contribution in [-0.2, 0) is 6.54 Å². The number of nitrogens with one attached hydrogen (secondary N) is 1. The Hall–Kier alpha value is -2.64. The Bertz CT molecular complexity index is 834. The molecule has 0 amide bonds. The molecular formula is C16H11ClN4. The van der Waals surface area contributed by atoms with Crippen molar-refractivity contribution >= 4 is 28.3 Å². The molecule has 102 valence electrons. The van der Waals surface area contributed by atoms with Gasteiger partial charge in [0.2, 0.25) is 0 Å². The standard InChI is InChI=1S/C16H11ClN4/c17-14-7-11(9-18)8-15(21-14)20-10-13-4-1-3-12-5-2-6-19-16(12)13/h1-8H,10H2,(H,20,21). The van der Waals surface area contributed by atoms with Crippen LogP contribution in [0.3, 0.4) is 0 Å². The summed E-state index contributed by atoms with van der Waals surface area (Å²) in [6, 6.07) is 15.2. The second kappa shape index (κ2) is 5.78. The van der Waals surface area contributed by atoms with E-state index < -0.39 is 0 Å². The fourth-order valence-corrected chi connectivity index (χ4v) is 2.36. The quantitative estimate of drug-likeness (QED) is 0.747. The molecule has 2 heterocycles. The summed E-state index contributed by atoms with van der Waals surface area (Å²) in [6.07, 6.45) is 1.78. The van der Waals surface area contributed by atoms with E-state index in [2.05, 4.69) is 21.4 Å². The van der Waals surface area contributed by atoms with Crippen molar-refractivity contribution in [3.63, 3.8) is 0 Å². The average Bonchev–Trinajstić information content (AvgIpc) is 2.52. The molecule has 0 aliphatic rings. The number of nitrogens with zero attached hydrogens (tertiary/aromatic N) is 3. The van der Waals surface area contributed by atoms with Crippen molar-refractivity contribution in [2.45, 2.75) is 6.54 Å². The Labute approximate surface area is 127 Å². The molecule has 1 N–H and O–H groups in total. The zero-order valence-electron chi connectivity index (χ0n) is 11.0. The summed E-state index contributed by atoms with van der Waals surface area (Å²) in [5.74, 6) is 0.576. The van der Waals surface area contributed by atoms with Crippen molar-refractivity contribution in [1.82, 2.24) is 9.97 Å². The van der Waals surface area contributed by atoms with E-state index in [0.29, 0.717) is 23.1 Å². The molecular weight excluding hydrogens is 284 g/mol. The molecule has 0 unspecified atom stereocenters. The number of halogens is 1. The van der Waals surface area contributed by atoms with Crippen molar-refractivity contribution < 1.29 is 0 Å². The van der Waals surface area contributed by atoms with Gasteiger partial charge in [-0.3, -0.25) is 4.98 Å². The minimum absolute atomic E-state index is 0.299. The summed E-state index contributed by atoms with van der Waals surface area (Å²) in [5.41, 5.74) is 2.50. The van der Waals surface area contributed by atoms with Crippen molar-refractivity contribution in [2.75, 3.05) is 5.32 Å². The van der Waals surface area contributed by atoms with Crippen LogP contribution in [0.4, 0.5) is 5.82 Å². The molecule has 0 aliphatic carbocycles. The highest BCUT2D eigenvalue weighted by atomic mass is 35.5. The van der Waals surface area contributed by atoms with E-state index in [4.69, 9.17) is 16.9 Å². The van der Waals surface area contributed by atoms with Gasteiger partial charge in [0.05, 0.1) is 17.1 Å². The third kappa shape index (κ3) is 2.93. The van der Waals surface area contributed by atoms with Gasteiger partial charge in [-0.25, -0.2) is 4.98 Å². The molecule has 3 aromatic rings. The Morgan fingerprint density at radius 1 is 1.19 bits per heavy atom. The molecule has 4 nitrogen and oxygen atoms in total. The first-order valence-electron chi connectivity index (χ1n) is 6.40. The molecule has 0 saturated carbocycles. The van der Waals surface area contributed by atoms with E-state index in [-0.39, 0.29) is 0 Å². The van der Waals surface area contributed by atoms with Crippen LogP contribution in [0.5, 0.6) is 0 Å². The zero-order chi connectivity index (χ0) is 14.7. The van der Waals surface area contributed by atoms with E-state index in [1.807, 2.05) is 30.3 Å². The van der Waals surface area contributed by atoms with Gasteiger partial charge in [0.1, 0.15) is 11.0 Å². The number of pyridine rings is 2. The lowest BCUT2D eigenvalue weighted by molar-refractivity contribution is 1.11. The molecule has 0 radical (unpaired) electrons. The largest absolute Gasteiger partial charge is 0.366 e. The summed E-state index contributed by atoms with van der Waals surface area (Å²) in [6.45, 7) is 0.562. The molecule has 0 aliphatic heterocycles. The molecule has 0 spiro atoms. The normalized spacial score (nSPS) is 10.3. The van der Waals surface area contributed by atoms with E-state index in [1.165, 1.54) is 6.07 Å². The predicted molar refractivity (Wildman–Crippen MR) is 83.0 cm³/mol. The number of rotatable bonds is 3. The number of fused-ring (bicyclic) bond motifs is 1. The smallest absolute Gasteiger partial charge is 0.132 e. The van der Waals surface area contributed by atoms with Gasteiger partial charge >= 0.3 is 0 Å². The fourth-order valence-electron chi connectivity index (χ4n) is 2.15. The number of anilines is 1. The maximum Gasteiger partial charge on any atom is 0.132 e. The van der Waals surface area contributed by atoms with Crippen LogP contribution in [-0.4, -0.2) is 9.97 Å². The van der Waals surface area contributed by atoms with Crippen LogP contribution in [0, 0.1) is 11.3 Å². The Morgan fingerprint density at radius 2 is 2.05 bits per heavy atom. The zero-order valence-corrected chi connectivity index (χ0v) is 11.8. The molecule has 0 bridgehead atoms. The van der Waals surface area contributed by atoms with Gasteiger partial charge in [-0.2, -0.15) is 5.26 Å². The summed E-state index contributed by atoms with van der Waals surface area (Å²) >= 11 is 5.89. The molecule has 0 saturated heterocycles. The van der Waals surface area contributed by atoms with Gasteiger partial charge in [0.25, 0.3) is 0 Å². The van der Waals surface area contributed by atoms with E-state index >= 15 is 0 Å². The van der Waals surface area contributed by atoms with Gasteiger partial charge in [0, 0.05) is 18.1 Å². The van der Waals surface area contributed by atoms with Crippen LogP contribution in [0.15, 0.2) is 48.7 Å². The lowest BCUT2D eigenvalue weighted by atomic mass is 10.1. The van der Waals surface area contributed by atoms with Gasteiger partial charge in [-0.1, -0.05) is 35.9 Å². The maximum absolute atomic E-state index is 8.94. The van der Waals surface area contributed by atoms with Gasteiger partial charge in [-0.05, 0) is 23.8 Å². The van der Waals surface area contributed by atoms with Crippen molar-refractivity contribution in [3.8, 4) is 6.07 Å². The highest BCUT2D eigenvalue weighted by Gasteiger charge is 2.04. The van der Waals surface area contributed by atoms with Gasteiger partial charge in [0.15, 0.2) is 0 Å². The van der Waals surface area contributed by atoms with Crippen LogP contribution in [0.25, 0.3) is 10.9 Å². The molecule has 3 rings (SSSR count). The van der Waals surface area contributed by atoms with Crippen LogP contribution in [0.2, 0.25) is 5.15 Å². The first kappa shape index (κ1) is 13.3. The van der Waals surface area contributed by atoms with Crippen LogP contribution < -0.4 is 5.32 Å². The lowest BCUT2D eigenvalue weighted by Gasteiger charge is -2.08. The van der Waals surface area contributed by atoms with E-state index in [0.717, 1.165) is 16.5 Å². The van der Waals surface area contributed by atoms with Gasteiger partial charge in [-0.15, -0.1) is 0 Å². The monoisotopic (exact) mass is 294 g/mol. The van der Waals surface area contributed by atoms with Crippen molar-refractivity contribution in [1.29, 1.82) is 5.26 Å². The first-order valence-corrected chi connectivity index (χ1v) is 6.78. The highest BCUT2D eigenvalue weighted by molar-refractivity contribution is 6.29. The molecule has 0 fully saturated rings. The number of benzene rings is 1. The molecule has 5 heteroatoms. The Kier molecular flexibility index (Phi) is 3.67. The SMILES string of the molecule is N#Cc1cc(Cl)nc(NCc2cccc3cccnc23)c1. The third-order valence-corrected chi connectivity index (χ3v) is 3.29. The second-order valence-electron chi connectivity index (χ2n) is 4.52. The summed E-state index contributed by atoms with van der Waals surface area (Å²) in [7, 11) is 0. The fraction of sp³-hybridized carbons (Fsp3) is 0.0625. The summed E-state index contributed by atoms with van der Waals surface area (Å²) < 4.78 is 0. The average molecular weight is 295 g/mol. The minimum atomic E-state index is 0.299. The van der Waals surface area contributed by atoms with Crippen LogP contribution >= 0.6 is 11.6 Å². The summed E-state index contributed by atoms with van der Waals surface area (Å²) in [4.78, 5) is 8.57. The minimum Gasteiger partial charge on any atom is -0.366 e. The number of hydrogen-bond donors (Lipinski definition) is 1. The second-order valence-corrected chi connectivity index (χ2v) is 4.91. The third-order valence-electron chi connectivity index (χ3n) is 3.10. The number of para-hydroxylation sites is 1. The maximum atomic E-state index is 8.94. The number of nitriles is 1. The predicted octanol–water partition coefficient (Wildman–Crippen LogP) is 3.77. The highest BCUT2D eigenvalue weighted by Crippen LogP contribution is 2.18. The number of hydrogen-bond acceptors (Lipinski definition) is 4. The van der Waals surface area contributed by atoms with Crippen molar-refractivity contribution in [3.05, 3.63) is 64.9 Å². The van der Waals surface area contributed by atoms with E-state index in [9.17, 15) is 0 Å². The molecule has 2 aromatic heterocycles. The Balaban J connectivity index is 1.87. The van der Waals surface area contributed by atoms with Crippen molar-refractivity contribution in [2.24, 2.45) is 0 Å². The van der Waals surface area contributed by atoms with Gasteiger partial charge < -0.3 is 5.32 Å². The summed E-state index contributed by atoms with van der Waals surface area (Å²) in [5, 5.41) is 13.5. The van der Waals surface area contributed by atoms with E-state index in [1.54, 1.807) is 12.3 Å². The number of aromatic nitrogens is 2. The Morgan fingerprint density at radius 3 is 2.90 bits per heavy atom. The first-order chi connectivity index (χ1) is 10.3.